The number of aliphatic imine (C=N–C) groups is 1. The molecule has 0 aliphatic carbocycles. The van der Waals surface area contributed by atoms with Gasteiger partial charge in [0.2, 0.25) is 0 Å². The van der Waals surface area contributed by atoms with Crippen LogP contribution < -0.4 is 20.1 Å². The van der Waals surface area contributed by atoms with Gasteiger partial charge in [-0.3, -0.25) is 4.99 Å². The lowest BCUT2D eigenvalue weighted by molar-refractivity contribution is 0.297. The molecule has 0 amide bonds. The topological polar surface area (TPSA) is 85.6 Å². The summed E-state index contributed by atoms with van der Waals surface area (Å²) in [4.78, 5) is 4.25. The number of fused-ring (bicyclic) bond motifs is 1. The minimum Gasteiger partial charge on any atom is -0.489 e. The fourth-order valence-corrected chi connectivity index (χ4v) is 3.11. The Bertz CT molecular complexity index is 798. The predicted molar refractivity (Wildman–Crippen MR) is 120 cm³/mol. The van der Waals surface area contributed by atoms with Crippen LogP contribution in [-0.4, -0.2) is 47.5 Å². The van der Waals surface area contributed by atoms with Gasteiger partial charge in [-0.15, -0.1) is 34.2 Å². The zero-order valence-electron chi connectivity index (χ0n) is 16.1. The van der Waals surface area contributed by atoms with Gasteiger partial charge in [-0.1, -0.05) is 18.5 Å². The first kappa shape index (κ1) is 22.5. The fraction of sp³-hybridized carbons (Fsp3) is 0.500. The number of nitrogens with zero attached hydrogens (tertiary/aromatic N) is 4. The maximum atomic E-state index is 6.35. The molecular formula is C18H26ClIN6O2. The Labute approximate surface area is 187 Å². The summed E-state index contributed by atoms with van der Waals surface area (Å²) in [6.07, 6.45) is 3.45. The Balaban J connectivity index is 0.00000280. The van der Waals surface area contributed by atoms with E-state index in [0.29, 0.717) is 48.8 Å². The lowest BCUT2D eigenvalue weighted by atomic mass is 10.2. The van der Waals surface area contributed by atoms with Crippen molar-refractivity contribution in [2.24, 2.45) is 4.99 Å². The number of ether oxygens (including phenoxy) is 2. The van der Waals surface area contributed by atoms with Crippen molar-refractivity contribution in [2.45, 2.75) is 32.9 Å². The van der Waals surface area contributed by atoms with Crippen LogP contribution in [0.1, 0.15) is 24.7 Å². The van der Waals surface area contributed by atoms with Crippen LogP contribution in [0.25, 0.3) is 0 Å². The molecule has 8 nitrogen and oxygen atoms in total. The molecule has 1 aliphatic heterocycles. The van der Waals surface area contributed by atoms with E-state index in [9.17, 15) is 0 Å². The SMILES string of the molecule is CCc1nncn1CCNC(=NC)NCc1cc(Cl)c2c(c1)OCCCO2.I. The molecule has 0 saturated heterocycles. The first-order valence-corrected chi connectivity index (χ1v) is 9.48. The Morgan fingerprint density at radius 2 is 2.11 bits per heavy atom. The highest BCUT2D eigenvalue weighted by molar-refractivity contribution is 14.0. The van der Waals surface area contributed by atoms with Crippen LogP contribution >= 0.6 is 35.6 Å². The van der Waals surface area contributed by atoms with Gasteiger partial charge in [-0.25, -0.2) is 0 Å². The maximum Gasteiger partial charge on any atom is 0.191 e. The number of aromatic nitrogens is 3. The van der Waals surface area contributed by atoms with Gasteiger partial charge < -0.3 is 24.7 Å². The van der Waals surface area contributed by atoms with E-state index in [1.165, 1.54) is 0 Å². The molecule has 2 aromatic rings. The minimum absolute atomic E-state index is 0. The second-order valence-corrected chi connectivity index (χ2v) is 6.51. The lowest BCUT2D eigenvalue weighted by Crippen LogP contribution is -2.38. The average molecular weight is 521 g/mol. The Hall–Kier alpha value is -1.75. The van der Waals surface area contributed by atoms with Crippen molar-refractivity contribution in [2.75, 3.05) is 26.8 Å². The van der Waals surface area contributed by atoms with Gasteiger partial charge in [-0.05, 0) is 17.7 Å². The highest BCUT2D eigenvalue weighted by Crippen LogP contribution is 2.37. The summed E-state index contributed by atoms with van der Waals surface area (Å²) in [6.45, 7) is 5.37. The first-order valence-electron chi connectivity index (χ1n) is 9.10. The average Bonchev–Trinajstić information content (AvgIpc) is 2.99. The van der Waals surface area contributed by atoms with E-state index in [-0.39, 0.29) is 24.0 Å². The third-order valence-corrected chi connectivity index (χ3v) is 4.48. The summed E-state index contributed by atoms with van der Waals surface area (Å²) in [5.41, 5.74) is 0.999. The van der Waals surface area contributed by atoms with Gasteiger partial charge in [-0.2, -0.15) is 0 Å². The van der Waals surface area contributed by atoms with E-state index >= 15 is 0 Å². The van der Waals surface area contributed by atoms with Crippen molar-refractivity contribution in [3.8, 4) is 11.5 Å². The summed E-state index contributed by atoms with van der Waals surface area (Å²) in [6, 6.07) is 3.84. The summed E-state index contributed by atoms with van der Waals surface area (Å²) >= 11 is 6.35. The van der Waals surface area contributed by atoms with Crippen LogP contribution in [0, 0.1) is 0 Å². The van der Waals surface area contributed by atoms with Crippen LogP contribution in [0.15, 0.2) is 23.5 Å². The van der Waals surface area contributed by atoms with Crippen LogP contribution in [0.3, 0.4) is 0 Å². The van der Waals surface area contributed by atoms with E-state index in [1.807, 2.05) is 16.7 Å². The number of halogens is 2. The van der Waals surface area contributed by atoms with Gasteiger partial charge in [0, 0.05) is 39.5 Å². The van der Waals surface area contributed by atoms with Gasteiger partial charge >= 0.3 is 0 Å². The van der Waals surface area contributed by atoms with Crippen molar-refractivity contribution < 1.29 is 9.47 Å². The highest BCUT2D eigenvalue weighted by atomic mass is 127. The summed E-state index contributed by atoms with van der Waals surface area (Å²) < 4.78 is 13.4. The monoisotopic (exact) mass is 520 g/mol. The molecule has 1 aromatic carbocycles. The third-order valence-electron chi connectivity index (χ3n) is 4.20. The zero-order chi connectivity index (χ0) is 19.1. The summed E-state index contributed by atoms with van der Waals surface area (Å²) in [5, 5.41) is 15.2. The minimum atomic E-state index is 0. The first-order chi connectivity index (χ1) is 13.2. The smallest absolute Gasteiger partial charge is 0.191 e. The third kappa shape index (κ3) is 5.87. The van der Waals surface area contributed by atoms with E-state index in [1.54, 1.807) is 13.4 Å². The zero-order valence-corrected chi connectivity index (χ0v) is 19.2. The van der Waals surface area contributed by atoms with Crippen molar-refractivity contribution in [1.29, 1.82) is 0 Å². The molecule has 10 heteroatoms. The van der Waals surface area contributed by atoms with Gasteiger partial charge in [0.15, 0.2) is 17.5 Å². The quantitative estimate of drug-likeness (QED) is 0.346. The van der Waals surface area contributed by atoms with Crippen molar-refractivity contribution >= 4 is 41.5 Å². The number of hydrogen-bond donors (Lipinski definition) is 2. The molecule has 0 atom stereocenters. The van der Waals surface area contributed by atoms with Crippen LogP contribution in [-0.2, 0) is 19.5 Å². The number of aryl methyl sites for hydroxylation is 1. The predicted octanol–water partition coefficient (Wildman–Crippen LogP) is 2.64. The van der Waals surface area contributed by atoms with E-state index in [0.717, 1.165) is 30.8 Å². The van der Waals surface area contributed by atoms with Gasteiger partial charge in [0.05, 0.1) is 18.2 Å². The second-order valence-electron chi connectivity index (χ2n) is 6.10. The Morgan fingerprint density at radius 3 is 2.89 bits per heavy atom. The lowest BCUT2D eigenvalue weighted by Gasteiger charge is -2.15. The molecule has 3 rings (SSSR count). The standard InChI is InChI=1S/C18H25ClN6O2.HI/c1-3-16-24-23-12-25(16)6-5-21-18(20-2)22-11-13-9-14(19)17-15(10-13)26-7-4-8-27-17;/h9-10,12H,3-8,11H2,1-2H3,(H2,20,21,22);1H. The van der Waals surface area contributed by atoms with Crippen LogP contribution in [0.5, 0.6) is 11.5 Å². The molecule has 0 unspecified atom stereocenters. The van der Waals surface area contributed by atoms with Crippen molar-refractivity contribution in [1.82, 2.24) is 25.4 Å². The molecule has 0 spiro atoms. The fourth-order valence-electron chi connectivity index (χ4n) is 2.83. The summed E-state index contributed by atoms with van der Waals surface area (Å²) in [5.74, 6) is 3.01. The van der Waals surface area contributed by atoms with Gasteiger partial charge in [0.25, 0.3) is 0 Å². The maximum absolute atomic E-state index is 6.35. The summed E-state index contributed by atoms with van der Waals surface area (Å²) in [7, 11) is 1.74. The molecular weight excluding hydrogens is 495 g/mol. The molecule has 2 heterocycles. The highest BCUT2D eigenvalue weighted by Gasteiger charge is 2.15. The molecule has 2 N–H and O–H groups in total. The van der Waals surface area contributed by atoms with Crippen LogP contribution in [0.2, 0.25) is 5.02 Å². The van der Waals surface area contributed by atoms with Crippen molar-refractivity contribution in [3.63, 3.8) is 0 Å². The molecule has 0 bridgehead atoms. The second kappa shape index (κ2) is 11.3. The van der Waals surface area contributed by atoms with E-state index < -0.39 is 0 Å². The van der Waals surface area contributed by atoms with E-state index in [4.69, 9.17) is 21.1 Å². The normalized spacial score (nSPS) is 13.5. The van der Waals surface area contributed by atoms with Crippen LogP contribution in [0.4, 0.5) is 0 Å². The molecule has 1 aromatic heterocycles. The molecule has 0 fully saturated rings. The Kier molecular flexibility index (Phi) is 9.10. The van der Waals surface area contributed by atoms with E-state index in [2.05, 4.69) is 32.7 Å². The molecule has 28 heavy (non-hydrogen) atoms. The number of hydrogen-bond acceptors (Lipinski definition) is 5. The Morgan fingerprint density at radius 1 is 1.29 bits per heavy atom. The number of nitrogens with one attached hydrogen (secondary N) is 2. The molecule has 1 aliphatic rings. The molecule has 0 saturated carbocycles. The number of guanidine groups is 1. The molecule has 154 valence electrons. The largest absolute Gasteiger partial charge is 0.489 e. The van der Waals surface area contributed by atoms with Gasteiger partial charge in [0.1, 0.15) is 12.2 Å². The number of rotatable bonds is 6. The van der Waals surface area contributed by atoms with Crippen molar-refractivity contribution in [3.05, 3.63) is 34.9 Å². The molecule has 0 radical (unpaired) electrons. The number of benzene rings is 1.